The van der Waals surface area contributed by atoms with Crippen LogP contribution in [0, 0.1) is 0 Å². The Labute approximate surface area is 191 Å². The molecule has 2 aromatic rings. The first-order chi connectivity index (χ1) is 15.5. The predicted octanol–water partition coefficient (Wildman–Crippen LogP) is 4.00. The molecule has 1 aromatic carbocycles. The summed E-state index contributed by atoms with van der Waals surface area (Å²) in [5.41, 5.74) is 1.63. The van der Waals surface area contributed by atoms with Gasteiger partial charge in [0.25, 0.3) is 0 Å². The van der Waals surface area contributed by atoms with E-state index >= 15 is 0 Å². The van der Waals surface area contributed by atoms with Gasteiger partial charge in [-0.3, -0.25) is 4.79 Å². The molecule has 7 nitrogen and oxygen atoms in total. The monoisotopic (exact) mass is 460 g/mol. The topological polar surface area (TPSA) is 84.3 Å². The van der Waals surface area contributed by atoms with E-state index in [-0.39, 0.29) is 5.91 Å². The molecule has 0 spiro atoms. The molecule has 0 atom stereocenters. The Morgan fingerprint density at radius 2 is 1.81 bits per heavy atom. The van der Waals surface area contributed by atoms with E-state index in [0.29, 0.717) is 42.4 Å². The number of sulfonamides is 1. The second-order valence-electron chi connectivity index (χ2n) is 9.20. The van der Waals surface area contributed by atoms with E-state index < -0.39 is 10.0 Å². The number of benzene rings is 1. The molecule has 8 heteroatoms. The predicted molar refractivity (Wildman–Crippen MR) is 126 cm³/mol. The zero-order valence-corrected chi connectivity index (χ0v) is 20.0. The number of carbonyl (C=O) groups excluding carboxylic acids is 1. The summed E-state index contributed by atoms with van der Waals surface area (Å²) in [5.74, 6) is 0.942. The smallest absolute Gasteiger partial charge is 0.243 e. The fraction of sp³-hybridized carbons (Fsp3) is 0.667. The number of imidazole rings is 1. The van der Waals surface area contributed by atoms with Crippen LogP contribution in [0.1, 0.15) is 77.0 Å². The van der Waals surface area contributed by atoms with Crippen molar-refractivity contribution in [3.63, 3.8) is 0 Å². The third kappa shape index (κ3) is 5.17. The van der Waals surface area contributed by atoms with Gasteiger partial charge >= 0.3 is 0 Å². The summed E-state index contributed by atoms with van der Waals surface area (Å²) in [6, 6.07) is 5.57. The fourth-order valence-electron chi connectivity index (χ4n) is 5.01. The van der Waals surface area contributed by atoms with E-state index in [4.69, 9.17) is 4.98 Å². The molecule has 1 aliphatic heterocycles. The van der Waals surface area contributed by atoms with Crippen LogP contribution in [-0.4, -0.2) is 47.3 Å². The van der Waals surface area contributed by atoms with Gasteiger partial charge in [-0.15, -0.1) is 0 Å². The van der Waals surface area contributed by atoms with E-state index in [1.165, 1.54) is 25.7 Å². The molecule has 176 valence electrons. The molecule has 0 radical (unpaired) electrons. The molecule has 1 saturated carbocycles. The van der Waals surface area contributed by atoms with Crippen molar-refractivity contribution in [2.75, 3.05) is 13.1 Å². The Hall–Kier alpha value is -1.93. The van der Waals surface area contributed by atoms with Crippen molar-refractivity contribution in [2.45, 2.75) is 95.0 Å². The largest absolute Gasteiger partial charge is 0.353 e. The Morgan fingerprint density at radius 3 is 2.50 bits per heavy atom. The van der Waals surface area contributed by atoms with Crippen molar-refractivity contribution < 1.29 is 13.2 Å². The van der Waals surface area contributed by atoms with Crippen LogP contribution in [-0.2, 0) is 27.8 Å². The van der Waals surface area contributed by atoms with Gasteiger partial charge in [0, 0.05) is 38.5 Å². The molecular formula is C24H36N4O3S. The SMILES string of the molecule is CCCn1c(CCC(=O)NC2CCCCCC2)nc2cc(S(=O)(=O)N3CCCC3)ccc21. The number of rotatable bonds is 8. The minimum Gasteiger partial charge on any atom is -0.353 e. The number of fused-ring (bicyclic) bond motifs is 1. The number of carbonyl (C=O) groups is 1. The first-order valence-electron chi connectivity index (χ1n) is 12.3. The van der Waals surface area contributed by atoms with E-state index in [1.807, 2.05) is 6.07 Å². The summed E-state index contributed by atoms with van der Waals surface area (Å²) in [4.78, 5) is 17.7. The van der Waals surface area contributed by atoms with Crippen molar-refractivity contribution in [1.29, 1.82) is 0 Å². The van der Waals surface area contributed by atoms with Crippen molar-refractivity contribution in [2.24, 2.45) is 0 Å². The molecule has 0 bridgehead atoms. The van der Waals surface area contributed by atoms with Gasteiger partial charge < -0.3 is 9.88 Å². The molecule has 1 aliphatic carbocycles. The Balaban J connectivity index is 1.50. The maximum atomic E-state index is 13.0. The Kier molecular flexibility index (Phi) is 7.51. The summed E-state index contributed by atoms with van der Waals surface area (Å²) >= 11 is 0. The van der Waals surface area contributed by atoms with E-state index in [9.17, 15) is 13.2 Å². The molecule has 32 heavy (non-hydrogen) atoms. The van der Waals surface area contributed by atoms with Crippen molar-refractivity contribution in [3.05, 3.63) is 24.0 Å². The highest BCUT2D eigenvalue weighted by Gasteiger charge is 2.28. The van der Waals surface area contributed by atoms with Crippen LogP contribution in [0.25, 0.3) is 11.0 Å². The first kappa shape index (κ1) is 23.2. The van der Waals surface area contributed by atoms with Gasteiger partial charge in [0.15, 0.2) is 0 Å². The van der Waals surface area contributed by atoms with Crippen LogP contribution >= 0.6 is 0 Å². The lowest BCUT2D eigenvalue weighted by Crippen LogP contribution is -2.34. The summed E-state index contributed by atoms with van der Waals surface area (Å²) < 4.78 is 29.6. The first-order valence-corrected chi connectivity index (χ1v) is 13.7. The van der Waals surface area contributed by atoms with E-state index in [1.54, 1.807) is 16.4 Å². The summed E-state index contributed by atoms with van der Waals surface area (Å²) in [6.07, 6.45) is 10.8. The normalized spacial score (nSPS) is 18.8. The molecule has 1 amide bonds. The van der Waals surface area contributed by atoms with Crippen molar-refractivity contribution >= 4 is 27.0 Å². The average Bonchev–Trinajstić information content (AvgIpc) is 3.36. The molecule has 1 N–H and O–H groups in total. The number of hydrogen-bond donors (Lipinski definition) is 1. The van der Waals surface area contributed by atoms with Crippen LogP contribution in [0.3, 0.4) is 0 Å². The third-order valence-corrected chi connectivity index (χ3v) is 8.64. The van der Waals surface area contributed by atoms with E-state index in [0.717, 1.165) is 50.0 Å². The van der Waals surface area contributed by atoms with Gasteiger partial charge in [0.2, 0.25) is 15.9 Å². The number of hydrogen-bond acceptors (Lipinski definition) is 4. The summed E-state index contributed by atoms with van der Waals surface area (Å²) in [6.45, 7) is 4.09. The highest BCUT2D eigenvalue weighted by Crippen LogP contribution is 2.26. The lowest BCUT2D eigenvalue weighted by atomic mass is 10.1. The molecule has 0 unspecified atom stereocenters. The van der Waals surface area contributed by atoms with Gasteiger partial charge in [-0.25, -0.2) is 13.4 Å². The van der Waals surface area contributed by atoms with Crippen molar-refractivity contribution in [3.8, 4) is 0 Å². The Morgan fingerprint density at radius 1 is 1.09 bits per heavy atom. The Bertz CT molecular complexity index is 1030. The number of nitrogens with one attached hydrogen (secondary N) is 1. The lowest BCUT2D eigenvalue weighted by Gasteiger charge is -2.16. The lowest BCUT2D eigenvalue weighted by molar-refractivity contribution is -0.121. The quantitative estimate of drug-likeness (QED) is 0.604. The van der Waals surface area contributed by atoms with Gasteiger partial charge in [0.05, 0.1) is 15.9 Å². The second-order valence-corrected chi connectivity index (χ2v) is 11.1. The average molecular weight is 461 g/mol. The van der Waals surface area contributed by atoms with E-state index in [2.05, 4.69) is 16.8 Å². The summed E-state index contributed by atoms with van der Waals surface area (Å²) in [5, 5.41) is 3.21. The van der Waals surface area contributed by atoms with Crippen LogP contribution in [0.4, 0.5) is 0 Å². The van der Waals surface area contributed by atoms with Crippen LogP contribution in [0.2, 0.25) is 0 Å². The van der Waals surface area contributed by atoms with Gasteiger partial charge in [0.1, 0.15) is 5.82 Å². The fourth-order valence-corrected chi connectivity index (χ4v) is 6.55. The molecule has 2 fully saturated rings. The van der Waals surface area contributed by atoms with Crippen LogP contribution in [0.15, 0.2) is 23.1 Å². The molecule has 1 aromatic heterocycles. The third-order valence-electron chi connectivity index (χ3n) is 6.74. The van der Waals surface area contributed by atoms with Gasteiger partial charge in [-0.2, -0.15) is 4.31 Å². The molecule has 2 aliphatic rings. The van der Waals surface area contributed by atoms with Crippen molar-refractivity contribution in [1.82, 2.24) is 19.2 Å². The maximum Gasteiger partial charge on any atom is 0.243 e. The van der Waals surface area contributed by atoms with Gasteiger partial charge in [-0.1, -0.05) is 32.6 Å². The maximum absolute atomic E-state index is 13.0. The molecule has 1 saturated heterocycles. The molecule has 4 rings (SSSR count). The van der Waals surface area contributed by atoms with Crippen LogP contribution < -0.4 is 5.32 Å². The standard InChI is InChI=1S/C24H36N4O3S/c1-2-15-28-22-12-11-20(32(30,31)27-16-7-8-17-27)18-21(22)26-23(28)13-14-24(29)25-19-9-5-3-4-6-10-19/h11-12,18-19H,2-10,13-17H2,1H3,(H,25,29). The number of aryl methyl sites for hydroxylation is 2. The van der Waals surface area contributed by atoms with Crippen LogP contribution in [0.5, 0.6) is 0 Å². The minimum absolute atomic E-state index is 0.0873. The highest BCUT2D eigenvalue weighted by atomic mass is 32.2. The number of nitrogens with zero attached hydrogens (tertiary/aromatic N) is 3. The number of aromatic nitrogens is 2. The molecule has 2 heterocycles. The summed E-state index contributed by atoms with van der Waals surface area (Å²) in [7, 11) is -3.47. The van der Waals surface area contributed by atoms with Gasteiger partial charge in [-0.05, 0) is 50.3 Å². The zero-order chi connectivity index (χ0) is 22.6. The molecular weight excluding hydrogens is 424 g/mol. The minimum atomic E-state index is -3.47. The number of amides is 1. The second kappa shape index (κ2) is 10.3. The zero-order valence-electron chi connectivity index (χ0n) is 19.2. The highest BCUT2D eigenvalue weighted by molar-refractivity contribution is 7.89.